The minimum Gasteiger partial charge on any atom is -0.393 e. The van der Waals surface area contributed by atoms with Gasteiger partial charge >= 0.3 is 0 Å². The summed E-state index contributed by atoms with van der Waals surface area (Å²) in [5.41, 5.74) is 1.16. The maximum absolute atomic E-state index is 12.9. The molecule has 0 bridgehead atoms. The topological polar surface area (TPSA) is 86.7 Å². The lowest BCUT2D eigenvalue weighted by atomic mass is 9.93. The molecule has 0 aromatic heterocycles. The first-order valence-corrected chi connectivity index (χ1v) is 10.1. The van der Waals surface area contributed by atoms with E-state index in [-0.39, 0.29) is 35.9 Å². The van der Waals surface area contributed by atoms with E-state index in [1.807, 2.05) is 0 Å². The van der Waals surface area contributed by atoms with Crippen LogP contribution in [0.2, 0.25) is 0 Å². The van der Waals surface area contributed by atoms with Crippen LogP contribution in [0.1, 0.15) is 88.9 Å². The molecule has 3 aliphatic rings. The van der Waals surface area contributed by atoms with Crippen LogP contribution in [0.4, 0.5) is 0 Å². The Bertz CT molecular complexity index is 761. The SMILES string of the molecule is O=C(NC1CCC(O)CC1)c1ccc2c(c1)C(=O)N(C1CCCCC1)C2=O. The Morgan fingerprint density at radius 1 is 0.926 bits per heavy atom. The number of rotatable bonds is 3. The highest BCUT2D eigenvalue weighted by Gasteiger charge is 2.40. The molecule has 1 aliphatic heterocycles. The predicted octanol–water partition coefficient (Wildman–Crippen LogP) is 2.65. The lowest BCUT2D eigenvalue weighted by Gasteiger charge is -2.29. The Kier molecular flexibility index (Phi) is 5.00. The molecule has 6 nitrogen and oxygen atoms in total. The van der Waals surface area contributed by atoms with Gasteiger partial charge in [-0.1, -0.05) is 19.3 Å². The molecule has 2 aliphatic carbocycles. The van der Waals surface area contributed by atoms with Gasteiger partial charge in [0.2, 0.25) is 0 Å². The Balaban J connectivity index is 1.49. The Morgan fingerprint density at radius 3 is 2.30 bits per heavy atom. The summed E-state index contributed by atoms with van der Waals surface area (Å²) in [6, 6.07) is 4.83. The maximum Gasteiger partial charge on any atom is 0.261 e. The van der Waals surface area contributed by atoms with Gasteiger partial charge in [0.05, 0.1) is 17.2 Å². The Hall–Kier alpha value is -2.21. The van der Waals surface area contributed by atoms with Crippen molar-refractivity contribution in [2.75, 3.05) is 0 Å². The Morgan fingerprint density at radius 2 is 1.59 bits per heavy atom. The molecular weight excluding hydrogens is 344 g/mol. The van der Waals surface area contributed by atoms with E-state index in [0.29, 0.717) is 29.5 Å². The van der Waals surface area contributed by atoms with Gasteiger partial charge in [0.25, 0.3) is 17.7 Å². The van der Waals surface area contributed by atoms with Crippen molar-refractivity contribution in [3.63, 3.8) is 0 Å². The minimum absolute atomic E-state index is 0.0166. The number of aliphatic hydroxyl groups excluding tert-OH is 1. The number of nitrogens with one attached hydrogen (secondary N) is 1. The molecule has 0 spiro atoms. The lowest BCUT2D eigenvalue weighted by molar-refractivity contribution is 0.0548. The van der Waals surface area contributed by atoms with E-state index in [4.69, 9.17) is 0 Å². The number of imide groups is 1. The van der Waals surface area contributed by atoms with Crippen LogP contribution < -0.4 is 5.32 Å². The van der Waals surface area contributed by atoms with Crippen LogP contribution in [0.15, 0.2) is 18.2 Å². The van der Waals surface area contributed by atoms with Gasteiger partial charge in [0, 0.05) is 17.6 Å². The third-order valence-electron chi connectivity index (χ3n) is 6.15. The number of carbonyl (C=O) groups is 3. The first kappa shape index (κ1) is 18.2. The number of benzene rings is 1. The summed E-state index contributed by atoms with van der Waals surface area (Å²) < 4.78 is 0. The summed E-state index contributed by atoms with van der Waals surface area (Å²) in [6.45, 7) is 0. The van der Waals surface area contributed by atoms with Crippen molar-refractivity contribution in [3.8, 4) is 0 Å². The number of fused-ring (bicyclic) bond motifs is 1. The fourth-order valence-corrected chi connectivity index (χ4v) is 4.56. The maximum atomic E-state index is 12.9. The molecule has 1 heterocycles. The third kappa shape index (κ3) is 3.50. The van der Waals surface area contributed by atoms with Crippen LogP contribution in [0.5, 0.6) is 0 Å². The summed E-state index contributed by atoms with van der Waals surface area (Å²) in [5.74, 6) is -0.719. The second-order valence-electron chi connectivity index (χ2n) is 8.01. The van der Waals surface area contributed by atoms with Gasteiger partial charge in [-0.05, 0) is 56.7 Å². The van der Waals surface area contributed by atoms with Crippen LogP contribution in [-0.4, -0.2) is 45.9 Å². The van der Waals surface area contributed by atoms with Crippen molar-refractivity contribution in [3.05, 3.63) is 34.9 Å². The second kappa shape index (κ2) is 7.43. The molecule has 4 rings (SSSR count). The average molecular weight is 370 g/mol. The van der Waals surface area contributed by atoms with Crippen molar-refractivity contribution in [2.24, 2.45) is 0 Å². The Labute approximate surface area is 158 Å². The molecule has 6 heteroatoms. The average Bonchev–Trinajstić information content (AvgIpc) is 2.94. The van der Waals surface area contributed by atoms with E-state index >= 15 is 0 Å². The normalized spacial score (nSPS) is 26.2. The number of hydrogen-bond donors (Lipinski definition) is 2. The van der Waals surface area contributed by atoms with Gasteiger partial charge in [-0.3, -0.25) is 19.3 Å². The first-order chi connectivity index (χ1) is 13.0. The lowest BCUT2D eigenvalue weighted by Crippen LogP contribution is -2.40. The van der Waals surface area contributed by atoms with Crippen LogP contribution >= 0.6 is 0 Å². The summed E-state index contributed by atoms with van der Waals surface area (Å²) in [5, 5.41) is 12.6. The molecule has 1 aromatic carbocycles. The summed E-state index contributed by atoms with van der Waals surface area (Å²) in [6.07, 6.45) is 7.60. The highest BCUT2D eigenvalue weighted by Crippen LogP contribution is 2.31. The summed E-state index contributed by atoms with van der Waals surface area (Å²) in [4.78, 5) is 39.6. The third-order valence-corrected chi connectivity index (χ3v) is 6.15. The number of hydrogen-bond acceptors (Lipinski definition) is 4. The molecule has 0 atom stereocenters. The van der Waals surface area contributed by atoms with Gasteiger partial charge in [-0.15, -0.1) is 0 Å². The monoisotopic (exact) mass is 370 g/mol. The van der Waals surface area contributed by atoms with Crippen molar-refractivity contribution in [1.82, 2.24) is 10.2 Å². The van der Waals surface area contributed by atoms with E-state index < -0.39 is 0 Å². The van der Waals surface area contributed by atoms with Gasteiger partial charge in [-0.2, -0.15) is 0 Å². The number of aliphatic hydroxyl groups is 1. The van der Waals surface area contributed by atoms with Crippen LogP contribution in [0, 0.1) is 0 Å². The van der Waals surface area contributed by atoms with Gasteiger partial charge < -0.3 is 10.4 Å². The first-order valence-electron chi connectivity index (χ1n) is 10.1. The van der Waals surface area contributed by atoms with E-state index in [1.54, 1.807) is 18.2 Å². The van der Waals surface area contributed by atoms with E-state index in [0.717, 1.165) is 44.9 Å². The molecule has 2 N–H and O–H groups in total. The van der Waals surface area contributed by atoms with Crippen molar-refractivity contribution in [1.29, 1.82) is 0 Å². The largest absolute Gasteiger partial charge is 0.393 e. The van der Waals surface area contributed by atoms with E-state index in [9.17, 15) is 19.5 Å². The highest BCUT2D eigenvalue weighted by molar-refractivity contribution is 6.22. The van der Waals surface area contributed by atoms with Gasteiger partial charge in [0.15, 0.2) is 0 Å². The molecule has 2 saturated carbocycles. The molecule has 3 amide bonds. The van der Waals surface area contributed by atoms with Crippen LogP contribution in [0.25, 0.3) is 0 Å². The van der Waals surface area contributed by atoms with Crippen LogP contribution in [0.3, 0.4) is 0 Å². The molecule has 0 saturated heterocycles. The van der Waals surface area contributed by atoms with E-state index in [1.165, 1.54) is 4.90 Å². The molecule has 1 aromatic rings. The summed E-state index contributed by atoms with van der Waals surface area (Å²) >= 11 is 0. The molecule has 27 heavy (non-hydrogen) atoms. The quantitative estimate of drug-likeness (QED) is 0.801. The van der Waals surface area contributed by atoms with E-state index in [2.05, 4.69) is 5.32 Å². The van der Waals surface area contributed by atoms with Crippen molar-refractivity contribution < 1.29 is 19.5 Å². The molecule has 2 fully saturated rings. The smallest absolute Gasteiger partial charge is 0.261 e. The fourth-order valence-electron chi connectivity index (χ4n) is 4.56. The predicted molar refractivity (Wildman–Crippen MR) is 99.5 cm³/mol. The molecule has 0 unspecified atom stereocenters. The zero-order valence-electron chi connectivity index (χ0n) is 15.4. The molecule has 0 radical (unpaired) electrons. The van der Waals surface area contributed by atoms with Gasteiger partial charge in [0.1, 0.15) is 0 Å². The van der Waals surface area contributed by atoms with Gasteiger partial charge in [-0.25, -0.2) is 0 Å². The molecular formula is C21H26N2O4. The zero-order valence-corrected chi connectivity index (χ0v) is 15.4. The standard InChI is InChI=1S/C21H26N2O4/c24-16-9-7-14(8-10-16)22-19(25)13-6-11-17-18(12-13)21(27)23(20(17)26)15-4-2-1-3-5-15/h6,11-12,14-16,24H,1-5,7-10H2,(H,22,25). The second-order valence-corrected chi connectivity index (χ2v) is 8.01. The summed E-state index contributed by atoms with van der Waals surface area (Å²) in [7, 11) is 0. The minimum atomic E-state index is -0.271. The van der Waals surface area contributed by atoms with Crippen molar-refractivity contribution >= 4 is 17.7 Å². The zero-order chi connectivity index (χ0) is 19.0. The van der Waals surface area contributed by atoms with Crippen LogP contribution in [-0.2, 0) is 0 Å². The number of amides is 3. The highest BCUT2D eigenvalue weighted by atomic mass is 16.3. The molecule has 144 valence electrons. The fraction of sp³-hybridized carbons (Fsp3) is 0.571. The van der Waals surface area contributed by atoms with Crippen molar-refractivity contribution in [2.45, 2.75) is 76.0 Å². The number of nitrogens with zero attached hydrogens (tertiary/aromatic N) is 1. The number of carbonyl (C=O) groups excluding carboxylic acids is 3.